The molecule has 1 aromatic heterocycles. The molecule has 0 amide bonds. The van der Waals surface area contributed by atoms with Crippen molar-refractivity contribution in [1.29, 1.82) is 0 Å². The Kier molecular flexibility index (Phi) is 9.28. The summed E-state index contributed by atoms with van der Waals surface area (Å²) in [7, 11) is 0. The number of carbonyl (C=O) groups is 1. The summed E-state index contributed by atoms with van der Waals surface area (Å²) < 4.78 is 17.5. The number of ether oxygens (including phenoxy) is 2. The summed E-state index contributed by atoms with van der Waals surface area (Å²) in [5, 5.41) is 4.63. The maximum absolute atomic E-state index is 12.8. The van der Waals surface area contributed by atoms with Crippen molar-refractivity contribution in [2.75, 3.05) is 13.2 Å². The number of hydrogen-bond acceptors (Lipinski definition) is 5. The van der Waals surface area contributed by atoms with E-state index in [1.807, 2.05) is 20.8 Å². The van der Waals surface area contributed by atoms with Crippen LogP contribution in [-0.2, 0) is 14.3 Å². The summed E-state index contributed by atoms with van der Waals surface area (Å²) in [5.74, 6) is 2.83. The normalized spacial score (nSPS) is 21.9. The lowest BCUT2D eigenvalue weighted by molar-refractivity contribution is -0.155. The minimum atomic E-state index is -0.479. The smallest absolute Gasteiger partial charge is 0.306 e. The fourth-order valence-electron chi connectivity index (χ4n) is 5.38. The van der Waals surface area contributed by atoms with Gasteiger partial charge in [-0.1, -0.05) is 39.3 Å². The lowest BCUT2D eigenvalue weighted by Gasteiger charge is -2.38. The standard InChI is InChI=1S/C29H49NO4/c1-8-9-14-32-15-10-11-22(18-24(31)33-29(5,6)7)26-25(21-12-13-21)27(34-30-26)23-16-20(17-23)19-28(2,3)4/h20-23H,8-19H2,1-7H3/t20-,22-,23+/m0/s1. The van der Waals surface area contributed by atoms with Crippen molar-refractivity contribution in [2.24, 2.45) is 11.3 Å². The lowest BCUT2D eigenvalue weighted by atomic mass is 9.66. The van der Waals surface area contributed by atoms with Gasteiger partial charge in [0, 0.05) is 30.6 Å². The van der Waals surface area contributed by atoms with E-state index in [4.69, 9.17) is 14.0 Å². The summed E-state index contributed by atoms with van der Waals surface area (Å²) in [6.45, 7) is 16.5. The van der Waals surface area contributed by atoms with Crippen LogP contribution in [0, 0.1) is 11.3 Å². The Morgan fingerprint density at radius 3 is 2.32 bits per heavy atom. The largest absolute Gasteiger partial charge is 0.460 e. The van der Waals surface area contributed by atoms with Gasteiger partial charge in [0.05, 0.1) is 12.1 Å². The number of aromatic nitrogens is 1. The monoisotopic (exact) mass is 475 g/mol. The highest BCUT2D eigenvalue weighted by molar-refractivity contribution is 5.71. The van der Waals surface area contributed by atoms with Gasteiger partial charge in [0.1, 0.15) is 11.4 Å². The predicted octanol–water partition coefficient (Wildman–Crippen LogP) is 7.89. The van der Waals surface area contributed by atoms with Gasteiger partial charge in [0.2, 0.25) is 0 Å². The second-order valence-corrected chi connectivity index (χ2v) is 13.0. The molecule has 5 nitrogen and oxygen atoms in total. The molecule has 0 saturated heterocycles. The zero-order valence-electron chi connectivity index (χ0n) is 22.9. The molecule has 0 aromatic carbocycles. The van der Waals surface area contributed by atoms with E-state index >= 15 is 0 Å². The first kappa shape index (κ1) is 27.2. The summed E-state index contributed by atoms with van der Waals surface area (Å²) in [6.07, 6.45) is 10.5. The van der Waals surface area contributed by atoms with Crippen LogP contribution in [0.2, 0.25) is 0 Å². The van der Waals surface area contributed by atoms with E-state index < -0.39 is 5.60 Å². The molecule has 0 spiro atoms. The molecule has 1 atom stereocenters. The maximum Gasteiger partial charge on any atom is 0.306 e. The Balaban J connectivity index is 1.70. The van der Waals surface area contributed by atoms with Crippen molar-refractivity contribution in [3.63, 3.8) is 0 Å². The first-order valence-electron chi connectivity index (χ1n) is 13.8. The molecule has 1 heterocycles. The van der Waals surface area contributed by atoms with E-state index in [1.54, 1.807) is 0 Å². The fraction of sp³-hybridized carbons (Fsp3) is 0.862. The molecule has 2 aliphatic rings. The van der Waals surface area contributed by atoms with E-state index in [0.717, 1.165) is 56.3 Å². The van der Waals surface area contributed by atoms with Crippen molar-refractivity contribution in [2.45, 2.75) is 136 Å². The predicted molar refractivity (Wildman–Crippen MR) is 136 cm³/mol. The van der Waals surface area contributed by atoms with E-state index in [-0.39, 0.29) is 11.9 Å². The van der Waals surface area contributed by atoms with Crippen LogP contribution in [0.5, 0.6) is 0 Å². The molecule has 2 fully saturated rings. The summed E-state index contributed by atoms with van der Waals surface area (Å²) in [5.41, 5.74) is 2.25. The number of carbonyl (C=O) groups excluding carboxylic acids is 1. The Morgan fingerprint density at radius 1 is 1.06 bits per heavy atom. The van der Waals surface area contributed by atoms with Crippen molar-refractivity contribution in [1.82, 2.24) is 5.16 Å². The average Bonchev–Trinajstić information content (AvgIpc) is 3.42. The molecule has 0 radical (unpaired) electrons. The highest BCUT2D eigenvalue weighted by Gasteiger charge is 2.42. The summed E-state index contributed by atoms with van der Waals surface area (Å²) >= 11 is 0. The molecule has 3 rings (SSSR count). The van der Waals surface area contributed by atoms with Crippen LogP contribution < -0.4 is 0 Å². The summed E-state index contributed by atoms with van der Waals surface area (Å²) in [4.78, 5) is 12.8. The first-order valence-corrected chi connectivity index (χ1v) is 13.8. The molecule has 5 heteroatoms. The van der Waals surface area contributed by atoms with E-state index in [0.29, 0.717) is 23.7 Å². The third-order valence-corrected chi connectivity index (χ3v) is 6.98. The van der Waals surface area contributed by atoms with Gasteiger partial charge in [-0.15, -0.1) is 0 Å². The molecule has 2 aliphatic carbocycles. The van der Waals surface area contributed by atoms with Crippen molar-refractivity contribution >= 4 is 5.97 Å². The molecule has 0 N–H and O–H groups in total. The molecule has 194 valence electrons. The SMILES string of the molecule is CCCCOCCC[C@@H](CC(=O)OC(C)(C)C)c1noc([C@H]2C[C@@H](CC(C)(C)C)C2)c1C1CC1. The number of hydrogen-bond donors (Lipinski definition) is 0. The van der Waals surface area contributed by atoms with Gasteiger partial charge in [0.15, 0.2) is 0 Å². The maximum atomic E-state index is 12.8. The third kappa shape index (κ3) is 8.39. The van der Waals surface area contributed by atoms with Gasteiger partial charge in [-0.2, -0.15) is 0 Å². The number of esters is 1. The van der Waals surface area contributed by atoms with Gasteiger partial charge in [-0.3, -0.25) is 4.79 Å². The quantitative estimate of drug-likeness (QED) is 0.214. The highest BCUT2D eigenvalue weighted by Crippen LogP contribution is 2.53. The number of rotatable bonds is 13. The van der Waals surface area contributed by atoms with Gasteiger partial charge in [0.25, 0.3) is 0 Å². The second-order valence-electron chi connectivity index (χ2n) is 13.0. The van der Waals surface area contributed by atoms with Crippen LogP contribution in [0.1, 0.15) is 147 Å². The highest BCUT2D eigenvalue weighted by atomic mass is 16.6. The van der Waals surface area contributed by atoms with Crippen LogP contribution in [0.25, 0.3) is 0 Å². The molecule has 0 bridgehead atoms. The molecule has 0 unspecified atom stereocenters. The van der Waals surface area contributed by atoms with Crippen LogP contribution in [0.15, 0.2) is 4.52 Å². The fourth-order valence-corrected chi connectivity index (χ4v) is 5.38. The Morgan fingerprint density at radius 2 is 1.74 bits per heavy atom. The summed E-state index contributed by atoms with van der Waals surface area (Å²) in [6, 6.07) is 0. The average molecular weight is 476 g/mol. The Hall–Kier alpha value is -1.36. The Labute approximate surface area is 207 Å². The molecular formula is C29H49NO4. The zero-order valence-corrected chi connectivity index (χ0v) is 22.9. The topological polar surface area (TPSA) is 61.6 Å². The number of nitrogens with zero attached hydrogens (tertiary/aromatic N) is 1. The van der Waals surface area contributed by atoms with Crippen LogP contribution in [-0.4, -0.2) is 29.9 Å². The van der Waals surface area contributed by atoms with Crippen LogP contribution in [0.3, 0.4) is 0 Å². The zero-order chi connectivity index (χ0) is 24.9. The molecule has 34 heavy (non-hydrogen) atoms. The lowest BCUT2D eigenvalue weighted by Crippen LogP contribution is -2.26. The van der Waals surface area contributed by atoms with Crippen LogP contribution in [0.4, 0.5) is 0 Å². The van der Waals surface area contributed by atoms with Crippen molar-refractivity contribution < 1.29 is 18.8 Å². The first-order chi connectivity index (χ1) is 16.0. The van der Waals surface area contributed by atoms with E-state index in [2.05, 4.69) is 32.9 Å². The molecular weight excluding hydrogens is 426 g/mol. The van der Waals surface area contributed by atoms with E-state index in [9.17, 15) is 4.79 Å². The molecule has 0 aliphatic heterocycles. The van der Waals surface area contributed by atoms with Crippen LogP contribution >= 0.6 is 0 Å². The second kappa shape index (κ2) is 11.6. The van der Waals surface area contributed by atoms with Crippen molar-refractivity contribution in [3.8, 4) is 0 Å². The molecule has 2 saturated carbocycles. The third-order valence-electron chi connectivity index (χ3n) is 6.98. The van der Waals surface area contributed by atoms with Gasteiger partial charge in [-0.25, -0.2) is 0 Å². The van der Waals surface area contributed by atoms with Gasteiger partial charge < -0.3 is 14.0 Å². The van der Waals surface area contributed by atoms with Gasteiger partial charge >= 0.3 is 5.97 Å². The minimum Gasteiger partial charge on any atom is -0.460 e. The van der Waals surface area contributed by atoms with Crippen molar-refractivity contribution in [3.05, 3.63) is 17.0 Å². The van der Waals surface area contributed by atoms with E-state index in [1.165, 1.54) is 37.7 Å². The van der Waals surface area contributed by atoms with Gasteiger partial charge in [-0.05, 0) is 89.4 Å². The molecule has 1 aromatic rings. The Bertz CT molecular complexity index is 775. The number of unbranched alkanes of at least 4 members (excludes halogenated alkanes) is 1. The minimum absolute atomic E-state index is 0.0307.